The van der Waals surface area contributed by atoms with Gasteiger partial charge >= 0.3 is 0 Å². The number of rotatable bonds is 7. The van der Waals surface area contributed by atoms with Crippen LogP contribution in [0.3, 0.4) is 0 Å². The molecule has 0 radical (unpaired) electrons. The highest BCUT2D eigenvalue weighted by atomic mass is 16.5. The van der Waals surface area contributed by atoms with Gasteiger partial charge in [-0.15, -0.1) is 0 Å². The molecule has 0 amide bonds. The molecule has 2 aromatic carbocycles. The SMILES string of the molecule is COCc1ccc(C(CO)Nc2cccc(OC)c2)cc1. The molecule has 1 unspecified atom stereocenters. The first kappa shape index (κ1) is 15.4. The van der Waals surface area contributed by atoms with Crippen LogP contribution in [-0.4, -0.2) is 25.9 Å². The largest absolute Gasteiger partial charge is 0.497 e. The van der Waals surface area contributed by atoms with Crippen LogP contribution in [0, 0.1) is 0 Å². The summed E-state index contributed by atoms with van der Waals surface area (Å²) in [6.45, 7) is 0.605. The van der Waals surface area contributed by atoms with Crippen LogP contribution in [0.4, 0.5) is 5.69 Å². The Hall–Kier alpha value is -2.04. The first-order valence-corrected chi connectivity index (χ1v) is 6.86. The molecule has 4 heteroatoms. The van der Waals surface area contributed by atoms with Crippen molar-refractivity contribution in [1.82, 2.24) is 0 Å². The molecule has 0 spiro atoms. The summed E-state index contributed by atoms with van der Waals surface area (Å²) < 4.78 is 10.3. The van der Waals surface area contributed by atoms with Gasteiger partial charge in [0, 0.05) is 18.9 Å². The number of nitrogens with one attached hydrogen (secondary N) is 1. The van der Waals surface area contributed by atoms with Crippen LogP contribution in [0.25, 0.3) is 0 Å². The third kappa shape index (κ3) is 4.21. The molecule has 2 rings (SSSR count). The number of hydrogen-bond acceptors (Lipinski definition) is 4. The van der Waals surface area contributed by atoms with Gasteiger partial charge in [0.2, 0.25) is 0 Å². The van der Waals surface area contributed by atoms with E-state index in [2.05, 4.69) is 5.32 Å². The lowest BCUT2D eigenvalue weighted by atomic mass is 10.1. The zero-order chi connectivity index (χ0) is 15.1. The van der Waals surface area contributed by atoms with Gasteiger partial charge in [0.1, 0.15) is 5.75 Å². The van der Waals surface area contributed by atoms with Gasteiger partial charge in [-0.2, -0.15) is 0 Å². The Morgan fingerprint density at radius 1 is 1.10 bits per heavy atom. The molecule has 0 saturated carbocycles. The molecular formula is C17H21NO3. The zero-order valence-electron chi connectivity index (χ0n) is 12.4. The van der Waals surface area contributed by atoms with Gasteiger partial charge in [0.15, 0.2) is 0 Å². The number of aliphatic hydroxyl groups excluding tert-OH is 1. The second-order valence-electron chi connectivity index (χ2n) is 4.79. The van der Waals surface area contributed by atoms with Gasteiger partial charge in [-0.3, -0.25) is 0 Å². The fraction of sp³-hybridized carbons (Fsp3) is 0.294. The molecule has 2 aromatic rings. The molecule has 21 heavy (non-hydrogen) atoms. The molecule has 0 saturated heterocycles. The molecule has 2 N–H and O–H groups in total. The Morgan fingerprint density at radius 2 is 1.86 bits per heavy atom. The van der Waals surface area contributed by atoms with Crippen LogP contribution in [0.2, 0.25) is 0 Å². The number of anilines is 1. The lowest BCUT2D eigenvalue weighted by Crippen LogP contribution is -2.14. The summed E-state index contributed by atoms with van der Waals surface area (Å²) in [5.74, 6) is 0.784. The minimum atomic E-state index is -0.159. The smallest absolute Gasteiger partial charge is 0.120 e. The molecule has 4 nitrogen and oxygen atoms in total. The molecule has 0 bridgehead atoms. The highest BCUT2D eigenvalue weighted by Gasteiger charge is 2.10. The van der Waals surface area contributed by atoms with E-state index in [0.29, 0.717) is 6.61 Å². The van der Waals surface area contributed by atoms with Crippen molar-refractivity contribution in [2.24, 2.45) is 0 Å². The van der Waals surface area contributed by atoms with Crippen molar-refractivity contribution in [1.29, 1.82) is 0 Å². The van der Waals surface area contributed by atoms with Gasteiger partial charge in [-0.05, 0) is 23.3 Å². The van der Waals surface area contributed by atoms with Crippen molar-refractivity contribution < 1.29 is 14.6 Å². The van der Waals surface area contributed by atoms with E-state index in [-0.39, 0.29) is 12.6 Å². The second kappa shape index (κ2) is 7.67. The van der Waals surface area contributed by atoms with E-state index in [1.807, 2.05) is 48.5 Å². The lowest BCUT2D eigenvalue weighted by Gasteiger charge is -2.19. The standard InChI is InChI=1S/C17H21NO3/c1-20-12-13-6-8-14(9-7-13)17(11-19)18-15-4-3-5-16(10-15)21-2/h3-10,17-19H,11-12H2,1-2H3. The third-order valence-electron chi connectivity index (χ3n) is 3.29. The lowest BCUT2D eigenvalue weighted by molar-refractivity contribution is 0.185. The van der Waals surface area contributed by atoms with Crippen molar-refractivity contribution >= 4 is 5.69 Å². The number of benzene rings is 2. The number of aliphatic hydroxyl groups is 1. The first-order valence-electron chi connectivity index (χ1n) is 6.86. The zero-order valence-corrected chi connectivity index (χ0v) is 12.4. The minimum absolute atomic E-state index is 0.0147. The fourth-order valence-corrected chi connectivity index (χ4v) is 2.16. The maximum atomic E-state index is 9.62. The molecule has 0 aromatic heterocycles. The maximum absolute atomic E-state index is 9.62. The highest BCUT2D eigenvalue weighted by molar-refractivity contribution is 5.50. The van der Waals surface area contributed by atoms with Gasteiger partial charge in [-0.25, -0.2) is 0 Å². The van der Waals surface area contributed by atoms with E-state index < -0.39 is 0 Å². The molecule has 0 aliphatic carbocycles. The highest BCUT2D eigenvalue weighted by Crippen LogP contribution is 2.23. The van der Waals surface area contributed by atoms with Crippen LogP contribution in [-0.2, 0) is 11.3 Å². The number of methoxy groups -OCH3 is 2. The normalized spacial score (nSPS) is 12.0. The molecular weight excluding hydrogens is 266 g/mol. The van der Waals surface area contributed by atoms with Crippen molar-refractivity contribution in [3.63, 3.8) is 0 Å². The van der Waals surface area contributed by atoms with Crippen molar-refractivity contribution in [3.05, 3.63) is 59.7 Å². The topological polar surface area (TPSA) is 50.7 Å². The van der Waals surface area contributed by atoms with Crippen LogP contribution in [0.5, 0.6) is 5.75 Å². The van der Waals surface area contributed by atoms with Crippen LogP contribution >= 0.6 is 0 Å². The maximum Gasteiger partial charge on any atom is 0.120 e. The summed E-state index contributed by atoms with van der Waals surface area (Å²) >= 11 is 0. The Labute approximate surface area is 125 Å². The quantitative estimate of drug-likeness (QED) is 0.822. The molecule has 112 valence electrons. The summed E-state index contributed by atoms with van der Waals surface area (Å²) in [6.07, 6.45) is 0. The summed E-state index contributed by atoms with van der Waals surface area (Å²) in [4.78, 5) is 0. The van der Waals surface area contributed by atoms with Gasteiger partial charge in [0.05, 0.1) is 26.4 Å². The van der Waals surface area contributed by atoms with Crippen LogP contribution in [0.1, 0.15) is 17.2 Å². The van der Waals surface area contributed by atoms with Crippen molar-refractivity contribution in [2.45, 2.75) is 12.6 Å². The molecule has 0 aliphatic heterocycles. The second-order valence-corrected chi connectivity index (χ2v) is 4.79. The van der Waals surface area contributed by atoms with Gasteiger partial charge < -0.3 is 19.9 Å². The van der Waals surface area contributed by atoms with Crippen molar-refractivity contribution in [2.75, 3.05) is 26.1 Å². The summed E-state index contributed by atoms with van der Waals surface area (Å²) in [6, 6.07) is 15.5. The Kier molecular flexibility index (Phi) is 5.60. The first-order chi connectivity index (χ1) is 10.3. The predicted octanol–water partition coefficient (Wildman–Crippen LogP) is 2.99. The van der Waals surface area contributed by atoms with E-state index in [1.165, 1.54) is 0 Å². The number of hydrogen-bond donors (Lipinski definition) is 2. The fourth-order valence-electron chi connectivity index (χ4n) is 2.16. The molecule has 0 heterocycles. The third-order valence-corrected chi connectivity index (χ3v) is 3.29. The van der Waals surface area contributed by atoms with Gasteiger partial charge in [0.25, 0.3) is 0 Å². The summed E-state index contributed by atoms with van der Waals surface area (Å²) in [5, 5.41) is 12.9. The Bertz CT molecular complexity index is 554. The summed E-state index contributed by atoms with van der Waals surface area (Å²) in [7, 11) is 3.31. The predicted molar refractivity (Wildman–Crippen MR) is 83.6 cm³/mol. The van der Waals surface area contributed by atoms with E-state index in [9.17, 15) is 5.11 Å². The summed E-state index contributed by atoms with van der Waals surface area (Å²) in [5.41, 5.74) is 3.05. The van der Waals surface area contributed by atoms with E-state index in [0.717, 1.165) is 22.6 Å². The Morgan fingerprint density at radius 3 is 2.48 bits per heavy atom. The minimum Gasteiger partial charge on any atom is -0.497 e. The van der Waals surface area contributed by atoms with E-state index in [1.54, 1.807) is 14.2 Å². The van der Waals surface area contributed by atoms with E-state index >= 15 is 0 Å². The number of ether oxygens (including phenoxy) is 2. The van der Waals surface area contributed by atoms with Gasteiger partial charge in [-0.1, -0.05) is 30.3 Å². The monoisotopic (exact) mass is 287 g/mol. The average molecular weight is 287 g/mol. The molecule has 0 aliphatic rings. The van der Waals surface area contributed by atoms with E-state index in [4.69, 9.17) is 9.47 Å². The van der Waals surface area contributed by atoms with Crippen LogP contribution in [0.15, 0.2) is 48.5 Å². The Balaban J connectivity index is 2.11. The van der Waals surface area contributed by atoms with Crippen LogP contribution < -0.4 is 10.1 Å². The average Bonchev–Trinajstić information content (AvgIpc) is 2.54. The molecule has 0 fully saturated rings. The molecule has 1 atom stereocenters. The van der Waals surface area contributed by atoms with Crippen molar-refractivity contribution in [3.8, 4) is 5.75 Å².